The standard InChI is InChI=1S/C28H28ClN5O5S/c1-28(2,3)39-27(38)32-26-31-19(14-40-26)24(36)30-16-9-21(33(4)13-16)25(37)34-12-15(11-29)23-18-8-6-5-7-17(18)22(35)10-20(23)34/h5-10,13-15,35H,11-12H2,1-4H3,(H,30,36)(H,31,32,38)/t15-/m1/s1. The van der Waals surface area contributed by atoms with Crippen LogP contribution in [0.3, 0.4) is 0 Å². The van der Waals surface area contributed by atoms with Gasteiger partial charge >= 0.3 is 6.09 Å². The normalized spacial score (nSPS) is 14.7. The molecule has 40 heavy (non-hydrogen) atoms. The molecule has 5 rings (SSSR count). The number of aromatic nitrogens is 2. The molecule has 10 nitrogen and oxygen atoms in total. The van der Waals surface area contributed by atoms with Crippen molar-refractivity contribution < 1.29 is 24.2 Å². The molecule has 3 N–H and O–H groups in total. The van der Waals surface area contributed by atoms with Gasteiger partial charge in [-0.1, -0.05) is 24.3 Å². The van der Waals surface area contributed by atoms with Crippen molar-refractivity contribution in [3.8, 4) is 5.75 Å². The maximum Gasteiger partial charge on any atom is 0.413 e. The van der Waals surface area contributed by atoms with Crippen molar-refractivity contribution in [1.29, 1.82) is 0 Å². The molecule has 1 aliphatic heterocycles. The Labute approximate surface area is 239 Å². The largest absolute Gasteiger partial charge is 0.507 e. The van der Waals surface area contributed by atoms with Crippen molar-refractivity contribution in [2.75, 3.05) is 28.0 Å². The Morgan fingerprint density at radius 3 is 2.60 bits per heavy atom. The van der Waals surface area contributed by atoms with E-state index in [1.807, 2.05) is 24.3 Å². The number of ether oxygens (including phenoxy) is 1. The Balaban J connectivity index is 1.34. The number of amides is 3. The lowest BCUT2D eigenvalue weighted by molar-refractivity contribution is 0.0635. The molecule has 1 atom stereocenters. The minimum absolute atomic E-state index is 0.0889. The van der Waals surface area contributed by atoms with Gasteiger partial charge < -0.3 is 24.6 Å². The van der Waals surface area contributed by atoms with Crippen LogP contribution in [0.5, 0.6) is 5.75 Å². The molecular weight excluding hydrogens is 554 g/mol. The number of halogens is 1. The predicted octanol–water partition coefficient (Wildman–Crippen LogP) is 5.92. The fraction of sp³-hybridized carbons (Fsp3) is 0.286. The number of carbonyl (C=O) groups is 3. The molecule has 4 aromatic rings. The third kappa shape index (κ3) is 5.34. The Morgan fingerprint density at radius 2 is 1.90 bits per heavy atom. The number of fused-ring (bicyclic) bond motifs is 3. The number of rotatable bonds is 5. The molecule has 2 aromatic carbocycles. The van der Waals surface area contributed by atoms with E-state index in [4.69, 9.17) is 16.3 Å². The lowest BCUT2D eigenvalue weighted by Crippen LogP contribution is -2.31. The molecule has 0 saturated carbocycles. The highest BCUT2D eigenvalue weighted by atomic mass is 35.5. The Morgan fingerprint density at radius 1 is 1.18 bits per heavy atom. The minimum Gasteiger partial charge on any atom is -0.507 e. The number of benzene rings is 2. The highest BCUT2D eigenvalue weighted by Gasteiger charge is 2.35. The molecule has 0 saturated heterocycles. The second-order valence-electron chi connectivity index (χ2n) is 10.5. The number of aryl methyl sites for hydroxylation is 1. The van der Waals surface area contributed by atoms with Gasteiger partial charge in [-0.25, -0.2) is 9.78 Å². The van der Waals surface area contributed by atoms with Crippen LogP contribution in [0.2, 0.25) is 0 Å². The summed E-state index contributed by atoms with van der Waals surface area (Å²) >= 11 is 7.40. The van der Waals surface area contributed by atoms with Crippen LogP contribution in [-0.2, 0) is 11.8 Å². The smallest absolute Gasteiger partial charge is 0.413 e. The van der Waals surface area contributed by atoms with Gasteiger partial charge in [0.15, 0.2) is 5.13 Å². The summed E-state index contributed by atoms with van der Waals surface area (Å²) in [7, 11) is 1.71. The molecule has 208 valence electrons. The van der Waals surface area contributed by atoms with E-state index in [1.165, 1.54) is 5.38 Å². The van der Waals surface area contributed by atoms with Crippen LogP contribution in [0, 0.1) is 0 Å². The van der Waals surface area contributed by atoms with Gasteiger partial charge in [-0.3, -0.25) is 14.9 Å². The van der Waals surface area contributed by atoms with E-state index in [2.05, 4.69) is 15.6 Å². The number of carbonyl (C=O) groups excluding carboxylic acids is 3. The number of phenols is 1. The van der Waals surface area contributed by atoms with E-state index in [0.717, 1.165) is 22.3 Å². The molecule has 0 radical (unpaired) electrons. The van der Waals surface area contributed by atoms with Crippen molar-refractivity contribution in [3.63, 3.8) is 0 Å². The molecular formula is C28H28ClN5O5S. The van der Waals surface area contributed by atoms with Crippen LogP contribution in [0.4, 0.5) is 21.3 Å². The average Bonchev–Trinajstić information content (AvgIpc) is 3.59. The molecule has 0 fully saturated rings. The number of anilines is 3. The summed E-state index contributed by atoms with van der Waals surface area (Å²) in [6, 6.07) is 10.7. The zero-order valence-corrected chi connectivity index (χ0v) is 23.9. The van der Waals surface area contributed by atoms with Crippen LogP contribution in [-0.4, -0.2) is 50.6 Å². The van der Waals surface area contributed by atoms with Crippen LogP contribution in [0.1, 0.15) is 53.2 Å². The van der Waals surface area contributed by atoms with Crippen molar-refractivity contribution in [1.82, 2.24) is 9.55 Å². The van der Waals surface area contributed by atoms with Gasteiger partial charge in [0, 0.05) is 48.4 Å². The highest BCUT2D eigenvalue weighted by Crippen LogP contribution is 2.45. The summed E-state index contributed by atoms with van der Waals surface area (Å²) < 4.78 is 6.84. The van der Waals surface area contributed by atoms with E-state index in [0.29, 0.717) is 34.9 Å². The topological polar surface area (TPSA) is 126 Å². The number of hydrogen-bond donors (Lipinski definition) is 3. The van der Waals surface area contributed by atoms with Crippen molar-refractivity contribution in [2.24, 2.45) is 7.05 Å². The Bertz CT molecular complexity index is 1640. The third-order valence-electron chi connectivity index (χ3n) is 6.40. The van der Waals surface area contributed by atoms with Crippen LogP contribution < -0.4 is 15.5 Å². The van der Waals surface area contributed by atoms with Gasteiger partial charge in [0.1, 0.15) is 22.7 Å². The summed E-state index contributed by atoms with van der Waals surface area (Å²) in [5.41, 5.74) is 1.73. The van der Waals surface area contributed by atoms with Gasteiger partial charge in [0.25, 0.3) is 11.8 Å². The number of nitrogens with zero attached hydrogens (tertiary/aromatic N) is 3. The SMILES string of the molecule is Cn1cc(NC(=O)c2csc(NC(=O)OC(C)(C)C)n2)cc1C(=O)N1C[C@@H](CCl)c2c1cc(O)c1ccccc21. The number of hydrogen-bond acceptors (Lipinski definition) is 7. The summed E-state index contributed by atoms with van der Waals surface area (Å²) in [6.45, 7) is 5.61. The molecule has 0 aliphatic carbocycles. The quantitative estimate of drug-likeness (QED) is 0.251. The second-order valence-corrected chi connectivity index (χ2v) is 11.7. The molecule has 2 aromatic heterocycles. The fourth-order valence-corrected chi connectivity index (χ4v) is 5.68. The Hall–Kier alpha value is -4.09. The average molecular weight is 582 g/mol. The molecule has 0 spiro atoms. The Kier molecular flexibility index (Phi) is 7.19. The molecule has 0 bridgehead atoms. The number of alkyl halides is 1. The predicted molar refractivity (Wildman–Crippen MR) is 156 cm³/mol. The maximum atomic E-state index is 13.7. The van der Waals surface area contributed by atoms with E-state index >= 15 is 0 Å². The lowest BCUT2D eigenvalue weighted by Gasteiger charge is -2.18. The van der Waals surface area contributed by atoms with E-state index in [1.54, 1.807) is 55.6 Å². The number of phenolic OH excluding ortho intramolecular Hbond substituents is 1. The first-order valence-corrected chi connectivity index (χ1v) is 13.9. The molecule has 3 heterocycles. The van der Waals surface area contributed by atoms with Gasteiger partial charge in [0.2, 0.25) is 0 Å². The van der Waals surface area contributed by atoms with Gasteiger partial charge in [-0.15, -0.1) is 22.9 Å². The third-order valence-corrected chi connectivity index (χ3v) is 7.53. The minimum atomic E-state index is -0.666. The fourth-order valence-electron chi connectivity index (χ4n) is 4.75. The number of nitrogens with one attached hydrogen (secondary N) is 2. The van der Waals surface area contributed by atoms with E-state index < -0.39 is 17.6 Å². The van der Waals surface area contributed by atoms with Crippen molar-refractivity contribution in [3.05, 3.63) is 64.9 Å². The number of aromatic hydroxyl groups is 1. The summed E-state index contributed by atoms with van der Waals surface area (Å²) in [5.74, 6) is -0.477. The van der Waals surface area contributed by atoms with E-state index in [9.17, 15) is 19.5 Å². The lowest BCUT2D eigenvalue weighted by atomic mass is 9.95. The zero-order chi connectivity index (χ0) is 28.8. The molecule has 0 unspecified atom stereocenters. The summed E-state index contributed by atoms with van der Waals surface area (Å²) in [5, 5.41) is 19.2. The van der Waals surface area contributed by atoms with Crippen LogP contribution in [0.15, 0.2) is 48.0 Å². The van der Waals surface area contributed by atoms with Crippen molar-refractivity contribution >= 4 is 68.1 Å². The monoisotopic (exact) mass is 581 g/mol. The van der Waals surface area contributed by atoms with Crippen LogP contribution >= 0.6 is 22.9 Å². The molecule has 1 aliphatic rings. The van der Waals surface area contributed by atoms with Crippen molar-refractivity contribution in [2.45, 2.75) is 32.3 Å². The zero-order valence-electron chi connectivity index (χ0n) is 22.3. The highest BCUT2D eigenvalue weighted by molar-refractivity contribution is 7.14. The van der Waals surface area contributed by atoms with Gasteiger partial charge in [-0.05, 0) is 37.8 Å². The maximum absolute atomic E-state index is 13.7. The van der Waals surface area contributed by atoms with E-state index in [-0.39, 0.29) is 28.4 Å². The van der Waals surface area contributed by atoms with Gasteiger partial charge in [0.05, 0.1) is 11.4 Å². The first kappa shape index (κ1) is 27.5. The second kappa shape index (κ2) is 10.5. The molecule has 12 heteroatoms. The summed E-state index contributed by atoms with van der Waals surface area (Å²) in [6.07, 6.45) is 0.965. The van der Waals surface area contributed by atoms with Crippen LogP contribution in [0.25, 0.3) is 10.8 Å². The van der Waals surface area contributed by atoms with Gasteiger partial charge in [-0.2, -0.15) is 0 Å². The first-order chi connectivity index (χ1) is 18.9. The first-order valence-electron chi connectivity index (χ1n) is 12.5. The molecule has 3 amide bonds. The summed E-state index contributed by atoms with van der Waals surface area (Å²) in [4.78, 5) is 44.3. The number of thiazole rings is 1.